The Balaban J connectivity index is 1.84. The van der Waals surface area contributed by atoms with Crippen LogP contribution in [0.3, 0.4) is 0 Å². The van der Waals surface area contributed by atoms with Crippen LogP contribution in [0.15, 0.2) is 54.6 Å². The van der Waals surface area contributed by atoms with E-state index in [1.54, 1.807) is 19.1 Å². The predicted molar refractivity (Wildman–Crippen MR) is 126 cm³/mol. The van der Waals surface area contributed by atoms with Crippen LogP contribution in [0, 0.1) is 12.7 Å². The molecular weight excluding hydrogens is 457 g/mol. The molecule has 0 fully saturated rings. The Morgan fingerprint density at radius 3 is 2.40 bits per heavy atom. The van der Waals surface area contributed by atoms with Crippen LogP contribution in [0.1, 0.15) is 29.2 Å². The molecular formula is C25H23F3N6O. The third-order valence-corrected chi connectivity index (χ3v) is 5.08. The van der Waals surface area contributed by atoms with Crippen molar-refractivity contribution in [3.8, 4) is 28.3 Å². The van der Waals surface area contributed by atoms with Gasteiger partial charge < -0.3 is 15.8 Å². The number of alkyl halides is 2. The zero-order valence-electron chi connectivity index (χ0n) is 19.1. The minimum atomic E-state index is -2.78. The molecule has 0 unspecified atom stereocenters. The molecule has 0 aliphatic rings. The van der Waals surface area contributed by atoms with Crippen molar-refractivity contribution in [1.29, 1.82) is 0 Å². The molecule has 0 aliphatic heterocycles. The minimum Gasteiger partial charge on any atom is -0.471 e. The van der Waals surface area contributed by atoms with E-state index >= 15 is 0 Å². The van der Waals surface area contributed by atoms with Crippen molar-refractivity contribution in [2.45, 2.75) is 26.5 Å². The molecule has 180 valence electrons. The number of hydrogen-bond donors (Lipinski definition) is 2. The Morgan fingerprint density at radius 1 is 0.943 bits per heavy atom. The Kier molecular flexibility index (Phi) is 7.21. The molecule has 4 rings (SSSR count). The van der Waals surface area contributed by atoms with Crippen LogP contribution < -0.4 is 15.8 Å². The monoisotopic (exact) mass is 480 g/mol. The molecule has 10 heteroatoms. The molecule has 3 heterocycles. The molecule has 0 saturated carbocycles. The molecule has 0 atom stereocenters. The maximum absolute atomic E-state index is 13.6. The van der Waals surface area contributed by atoms with E-state index in [4.69, 9.17) is 10.5 Å². The SMILES string of the molecule is CNCc1cccc(COc2nc(N)nc(-c3ccc(F)cc3)c2-c2cc(C)nc(C(F)F)c2)n1. The summed E-state index contributed by atoms with van der Waals surface area (Å²) < 4.78 is 46.7. The molecule has 0 radical (unpaired) electrons. The van der Waals surface area contributed by atoms with Gasteiger partial charge in [-0.15, -0.1) is 0 Å². The van der Waals surface area contributed by atoms with Crippen molar-refractivity contribution < 1.29 is 17.9 Å². The summed E-state index contributed by atoms with van der Waals surface area (Å²) in [6, 6.07) is 14.0. The van der Waals surface area contributed by atoms with Gasteiger partial charge in [0.25, 0.3) is 6.43 Å². The summed E-state index contributed by atoms with van der Waals surface area (Å²) in [5, 5.41) is 3.04. The lowest BCUT2D eigenvalue weighted by Gasteiger charge is -2.16. The molecule has 0 spiro atoms. The van der Waals surface area contributed by atoms with Gasteiger partial charge in [-0.25, -0.2) is 18.2 Å². The highest BCUT2D eigenvalue weighted by atomic mass is 19.3. The summed E-state index contributed by atoms with van der Waals surface area (Å²) in [7, 11) is 1.82. The number of aryl methyl sites for hydroxylation is 1. The summed E-state index contributed by atoms with van der Waals surface area (Å²) in [4.78, 5) is 17.0. The molecule has 0 bridgehead atoms. The third-order valence-electron chi connectivity index (χ3n) is 5.08. The zero-order chi connectivity index (χ0) is 24.9. The lowest BCUT2D eigenvalue weighted by atomic mass is 9.99. The summed E-state index contributed by atoms with van der Waals surface area (Å²) >= 11 is 0. The lowest BCUT2D eigenvalue weighted by Crippen LogP contribution is -2.10. The number of rotatable bonds is 8. The van der Waals surface area contributed by atoms with E-state index in [0.29, 0.717) is 40.3 Å². The highest BCUT2D eigenvalue weighted by Gasteiger charge is 2.21. The first kappa shape index (κ1) is 24.1. The molecule has 35 heavy (non-hydrogen) atoms. The van der Waals surface area contributed by atoms with Crippen LogP contribution in [-0.2, 0) is 13.2 Å². The molecule has 0 aliphatic carbocycles. The number of benzene rings is 1. The normalized spacial score (nSPS) is 11.1. The van der Waals surface area contributed by atoms with Gasteiger partial charge in [-0.05, 0) is 68.1 Å². The standard InChI is InChI=1S/C25H23F3N6O/c1-14-10-16(11-20(31-14)23(27)28)21-22(15-6-8-17(26)9-7-15)33-25(29)34-24(21)35-13-19-5-3-4-18(32-19)12-30-2/h3-11,23,30H,12-13H2,1-2H3,(H2,29,33,34). The molecule has 1 aromatic carbocycles. The van der Waals surface area contributed by atoms with Gasteiger partial charge in [-0.3, -0.25) is 9.97 Å². The van der Waals surface area contributed by atoms with E-state index in [9.17, 15) is 13.2 Å². The van der Waals surface area contributed by atoms with Gasteiger partial charge in [0.2, 0.25) is 11.8 Å². The first-order valence-electron chi connectivity index (χ1n) is 10.8. The van der Waals surface area contributed by atoms with Crippen molar-refractivity contribution in [1.82, 2.24) is 25.3 Å². The number of hydrogen-bond acceptors (Lipinski definition) is 7. The Bertz CT molecular complexity index is 1330. The number of aromatic nitrogens is 4. The maximum Gasteiger partial charge on any atom is 0.280 e. The number of nitrogens with two attached hydrogens (primary N) is 1. The average Bonchev–Trinajstić information content (AvgIpc) is 2.83. The summed E-state index contributed by atoms with van der Waals surface area (Å²) in [6.45, 7) is 2.25. The van der Waals surface area contributed by atoms with E-state index in [-0.39, 0.29) is 18.4 Å². The summed E-state index contributed by atoms with van der Waals surface area (Å²) in [5.74, 6) is -0.427. The van der Waals surface area contributed by atoms with Crippen molar-refractivity contribution >= 4 is 5.95 Å². The Labute approximate surface area is 200 Å². The van der Waals surface area contributed by atoms with Crippen LogP contribution in [0.5, 0.6) is 5.88 Å². The van der Waals surface area contributed by atoms with Crippen molar-refractivity contribution in [2.24, 2.45) is 0 Å². The quantitative estimate of drug-likeness (QED) is 0.371. The van der Waals surface area contributed by atoms with E-state index < -0.39 is 17.9 Å². The van der Waals surface area contributed by atoms with Crippen LogP contribution in [0.4, 0.5) is 19.1 Å². The third kappa shape index (κ3) is 5.72. The largest absolute Gasteiger partial charge is 0.471 e. The van der Waals surface area contributed by atoms with Crippen molar-refractivity contribution in [3.05, 3.63) is 83.2 Å². The minimum absolute atomic E-state index is 0.0512. The zero-order valence-corrected chi connectivity index (χ0v) is 19.1. The predicted octanol–water partition coefficient (Wildman–Crippen LogP) is 4.87. The second kappa shape index (κ2) is 10.5. The second-order valence-electron chi connectivity index (χ2n) is 7.78. The fraction of sp³-hybridized carbons (Fsp3) is 0.200. The number of ether oxygens (including phenoxy) is 1. The Morgan fingerprint density at radius 2 is 1.69 bits per heavy atom. The molecule has 3 aromatic heterocycles. The van der Waals surface area contributed by atoms with Crippen molar-refractivity contribution in [3.63, 3.8) is 0 Å². The van der Waals surface area contributed by atoms with Gasteiger partial charge in [0, 0.05) is 17.8 Å². The maximum atomic E-state index is 13.6. The Hall–Kier alpha value is -4.05. The smallest absolute Gasteiger partial charge is 0.280 e. The number of nitrogen functional groups attached to an aromatic ring is 1. The van der Waals surface area contributed by atoms with Crippen molar-refractivity contribution in [2.75, 3.05) is 12.8 Å². The first-order valence-corrected chi connectivity index (χ1v) is 10.8. The summed E-state index contributed by atoms with van der Waals surface area (Å²) in [5.41, 5.74) is 8.98. The van der Waals surface area contributed by atoms with Gasteiger partial charge in [-0.2, -0.15) is 4.98 Å². The van der Waals surface area contributed by atoms with E-state index in [1.165, 1.54) is 30.3 Å². The number of nitrogens with zero attached hydrogens (tertiary/aromatic N) is 4. The molecule has 0 amide bonds. The molecule has 4 aromatic rings. The fourth-order valence-electron chi connectivity index (χ4n) is 3.62. The topological polar surface area (TPSA) is 98.8 Å². The van der Waals surface area contributed by atoms with Crippen LogP contribution in [0.2, 0.25) is 0 Å². The van der Waals surface area contributed by atoms with Crippen LogP contribution >= 0.6 is 0 Å². The number of pyridine rings is 2. The van der Waals surface area contributed by atoms with Gasteiger partial charge in [0.1, 0.15) is 18.1 Å². The number of halogens is 3. The lowest BCUT2D eigenvalue weighted by molar-refractivity contribution is 0.146. The number of nitrogens with one attached hydrogen (secondary N) is 1. The van der Waals surface area contributed by atoms with Crippen LogP contribution in [-0.4, -0.2) is 27.0 Å². The average molecular weight is 480 g/mol. The van der Waals surface area contributed by atoms with Gasteiger partial charge in [0.05, 0.1) is 22.6 Å². The van der Waals surface area contributed by atoms with E-state index in [2.05, 4.69) is 25.3 Å². The highest BCUT2D eigenvalue weighted by molar-refractivity contribution is 5.85. The molecule has 3 N–H and O–H groups in total. The summed E-state index contributed by atoms with van der Waals surface area (Å²) in [6.07, 6.45) is -2.78. The number of anilines is 1. The van der Waals surface area contributed by atoms with Gasteiger partial charge in [-0.1, -0.05) is 6.07 Å². The van der Waals surface area contributed by atoms with E-state index in [1.807, 2.05) is 19.2 Å². The molecule has 7 nitrogen and oxygen atoms in total. The second-order valence-corrected chi connectivity index (χ2v) is 7.78. The van der Waals surface area contributed by atoms with E-state index in [0.717, 1.165) is 5.69 Å². The first-order chi connectivity index (χ1) is 16.8. The van der Waals surface area contributed by atoms with Gasteiger partial charge >= 0.3 is 0 Å². The molecule has 0 saturated heterocycles. The van der Waals surface area contributed by atoms with Crippen LogP contribution in [0.25, 0.3) is 22.4 Å². The highest BCUT2D eigenvalue weighted by Crippen LogP contribution is 2.39. The van der Waals surface area contributed by atoms with Gasteiger partial charge in [0.15, 0.2) is 0 Å². The fourth-order valence-corrected chi connectivity index (χ4v) is 3.62.